The molecule has 1 unspecified atom stereocenters. The number of aryl methyl sites for hydroxylation is 1. The third-order valence-electron chi connectivity index (χ3n) is 4.24. The molecule has 7 nitrogen and oxygen atoms in total. The normalized spacial score (nSPS) is 16.7. The van der Waals surface area contributed by atoms with E-state index < -0.39 is 0 Å². The number of benzene rings is 1. The number of nitrogen functional groups attached to an aromatic ring is 1. The van der Waals surface area contributed by atoms with Crippen LogP contribution >= 0.6 is 0 Å². The summed E-state index contributed by atoms with van der Waals surface area (Å²) >= 11 is 0. The van der Waals surface area contributed by atoms with Gasteiger partial charge in [0.25, 0.3) is 0 Å². The Kier molecular flexibility index (Phi) is 5.23. The van der Waals surface area contributed by atoms with E-state index in [1.54, 1.807) is 14.2 Å². The molecule has 0 bridgehead atoms. The molecule has 0 radical (unpaired) electrons. The number of nitrogens with zero attached hydrogens (tertiary/aromatic N) is 2. The van der Waals surface area contributed by atoms with Crippen LogP contribution in [0.15, 0.2) is 18.2 Å². The smallest absolute Gasteiger partial charge is 0.224 e. The Labute approximate surface area is 147 Å². The lowest BCUT2D eigenvalue weighted by Crippen LogP contribution is -2.16. The van der Waals surface area contributed by atoms with E-state index in [0.717, 1.165) is 36.3 Å². The van der Waals surface area contributed by atoms with Gasteiger partial charge in [-0.15, -0.1) is 0 Å². The summed E-state index contributed by atoms with van der Waals surface area (Å²) < 4.78 is 17.0. The van der Waals surface area contributed by atoms with Crippen molar-refractivity contribution in [2.24, 2.45) is 0 Å². The average Bonchev–Trinajstić information content (AvgIpc) is 3.13. The lowest BCUT2D eigenvalue weighted by molar-refractivity contribution is 0.0670. The highest BCUT2D eigenvalue weighted by Gasteiger charge is 2.18. The largest absolute Gasteiger partial charge is 0.493 e. The second kappa shape index (κ2) is 7.57. The molecule has 2 heterocycles. The monoisotopic (exact) mass is 344 g/mol. The van der Waals surface area contributed by atoms with Gasteiger partial charge in [-0.3, -0.25) is 0 Å². The molecular weight excluding hydrogens is 320 g/mol. The fourth-order valence-corrected chi connectivity index (χ4v) is 2.97. The number of nitrogens with two attached hydrogens (primary N) is 1. The molecule has 1 fully saturated rings. The highest BCUT2D eigenvalue weighted by Crippen LogP contribution is 2.36. The standard InChI is InChI=1S/C18H24N4O3/c1-11-16(17(19)22-18(20-2)21-11)12-6-7-14(23-3)15(9-12)25-10-13-5-4-8-24-13/h6-7,9,13H,4-5,8,10H2,1-3H3,(H3,19,20,21,22). The van der Waals surface area contributed by atoms with Crippen LogP contribution < -0.4 is 20.5 Å². The number of methoxy groups -OCH3 is 1. The number of ether oxygens (including phenoxy) is 3. The number of hydrogen-bond acceptors (Lipinski definition) is 7. The SMILES string of the molecule is CNc1nc(C)c(-c2ccc(OC)c(OCC3CCCO3)c2)c(N)n1. The molecule has 2 aromatic rings. The second-order valence-electron chi connectivity index (χ2n) is 5.95. The molecule has 134 valence electrons. The molecule has 1 aliphatic rings. The molecule has 1 saturated heterocycles. The minimum Gasteiger partial charge on any atom is -0.493 e. The number of nitrogens with one attached hydrogen (secondary N) is 1. The van der Waals surface area contributed by atoms with Gasteiger partial charge in [0.05, 0.1) is 18.9 Å². The maximum Gasteiger partial charge on any atom is 0.224 e. The molecule has 0 amide bonds. The Hall–Kier alpha value is -2.54. The first-order valence-electron chi connectivity index (χ1n) is 8.37. The number of hydrogen-bond donors (Lipinski definition) is 2. The van der Waals surface area contributed by atoms with E-state index in [1.165, 1.54) is 0 Å². The quantitative estimate of drug-likeness (QED) is 0.832. The van der Waals surface area contributed by atoms with Gasteiger partial charge in [0.15, 0.2) is 11.5 Å². The highest BCUT2D eigenvalue weighted by molar-refractivity contribution is 5.78. The van der Waals surface area contributed by atoms with Crippen molar-refractivity contribution in [3.63, 3.8) is 0 Å². The Morgan fingerprint density at radius 1 is 1.32 bits per heavy atom. The van der Waals surface area contributed by atoms with Gasteiger partial charge in [0, 0.05) is 19.2 Å². The summed E-state index contributed by atoms with van der Waals surface area (Å²) in [5.41, 5.74) is 8.62. The maximum atomic E-state index is 6.14. The number of rotatable bonds is 6. The van der Waals surface area contributed by atoms with Gasteiger partial charge in [-0.1, -0.05) is 6.07 Å². The van der Waals surface area contributed by atoms with Crippen LogP contribution in [0.5, 0.6) is 11.5 Å². The fraction of sp³-hybridized carbons (Fsp3) is 0.444. The summed E-state index contributed by atoms with van der Waals surface area (Å²) in [7, 11) is 3.39. The fourth-order valence-electron chi connectivity index (χ4n) is 2.97. The minimum absolute atomic E-state index is 0.137. The lowest BCUT2D eigenvalue weighted by atomic mass is 10.0. The van der Waals surface area contributed by atoms with Crippen LogP contribution in [0.1, 0.15) is 18.5 Å². The van der Waals surface area contributed by atoms with Gasteiger partial charge >= 0.3 is 0 Å². The van der Waals surface area contributed by atoms with Crippen molar-refractivity contribution in [2.75, 3.05) is 38.4 Å². The van der Waals surface area contributed by atoms with Crippen LogP contribution in [0.4, 0.5) is 11.8 Å². The average molecular weight is 344 g/mol. The van der Waals surface area contributed by atoms with Crippen LogP contribution in [0.2, 0.25) is 0 Å². The van der Waals surface area contributed by atoms with Gasteiger partial charge in [-0.2, -0.15) is 4.98 Å². The van der Waals surface area contributed by atoms with Crippen molar-refractivity contribution in [2.45, 2.75) is 25.9 Å². The third-order valence-corrected chi connectivity index (χ3v) is 4.24. The molecule has 3 N–H and O–H groups in total. The lowest BCUT2D eigenvalue weighted by Gasteiger charge is -2.16. The van der Waals surface area contributed by atoms with E-state index in [0.29, 0.717) is 29.9 Å². The Morgan fingerprint density at radius 3 is 2.80 bits per heavy atom. The molecule has 0 spiro atoms. The summed E-state index contributed by atoms with van der Waals surface area (Å²) in [6.07, 6.45) is 2.24. The number of anilines is 2. The molecular formula is C18H24N4O3. The molecule has 25 heavy (non-hydrogen) atoms. The topological polar surface area (TPSA) is 91.5 Å². The van der Waals surface area contributed by atoms with Gasteiger partial charge < -0.3 is 25.3 Å². The zero-order chi connectivity index (χ0) is 17.8. The molecule has 0 saturated carbocycles. The number of aromatic nitrogens is 2. The van der Waals surface area contributed by atoms with Crippen molar-refractivity contribution >= 4 is 11.8 Å². The highest BCUT2D eigenvalue weighted by atomic mass is 16.5. The van der Waals surface area contributed by atoms with Gasteiger partial charge in [-0.25, -0.2) is 4.98 Å². The van der Waals surface area contributed by atoms with Gasteiger partial charge in [0.2, 0.25) is 5.95 Å². The van der Waals surface area contributed by atoms with E-state index in [9.17, 15) is 0 Å². The van der Waals surface area contributed by atoms with Crippen LogP contribution in [-0.4, -0.2) is 43.4 Å². The first kappa shape index (κ1) is 17.3. The van der Waals surface area contributed by atoms with Crippen LogP contribution in [0.3, 0.4) is 0 Å². The summed E-state index contributed by atoms with van der Waals surface area (Å²) in [5.74, 6) is 2.26. The molecule has 0 aliphatic carbocycles. The predicted octanol–water partition coefficient (Wildman–Crippen LogP) is 2.64. The van der Waals surface area contributed by atoms with Crippen molar-refractivity contribution in [3.8, 4) is 22.6 Å². The maximum absolute atomic E-state index is 6.14. The zero-order valence-electron chi connectivity index (χ0n) is 14.8. The van der Waals surface area contributed by atoms with E-state index in [-0.39, 0.29) is 6.10 Å². The summed E-state index contributed by atoms with van der Waals surface area (Å²) in [6, 6.07) is 5.71. The molecule has 3 rings (SSSR count). The van der Waals surface area contributed by atoms with Crippen LogP contribution in [0, 0.1) is 6.92 Å². The molecule has 7 heteroatoms. The first-order valence-corrected chi connectivity index (χ1v) is 8.37. The third kappa shape index (κ3) is 3.76. The van der Waals surface area contributed by atoms with Gasteiger partial charge in [0.1, 0.15) is 12.4 Å². The predicted molar refractivity (Wildman–Crippen MR) is 97.2 cm³/mol. The van der Waals surface area contributed by atoms with E-state index in [2.05, 4.69) is 15.3 Å². The van der Waals surface area contributed by atoms with Crippen molar-refractivity contribution in [1.29, 1.82) is 0 Å². The summed E-state index contributed by atoms with van der Waals surface area (Å²) in [5, 5.41) is 2.91. The van der Waals surface area contributed by atoms with Gasteiger partial charge in [-0.05, 0) is 37.5 Å². The van der Waals surface area contributed by atoms with Crippen molar-refractivity contribution < 1.29 is 14.2 Å². The summed E-state index contributed by atoms with van der Waals surface area (Å²) in [4.78, 5) is 8.69. The Balaban J connectivity index is 1.90. The Morgan fingerprint density at radius 2 is 2.16 bits per heavy atom. The zero-order valence-corrected chi connectivity index (χ0v) is 14.8. The molecule has 1 aromatic carbocycles. The Bertz CT molecular complexity index is 722. The second-order valence-corrected chi connectivity index (χ2v) is 5.95. The summed E-state index contributed by atoms with van der Waals surface area (Å²) in [6.45, 7) is 3.21. The molecule has 1 aliphatic heterocycles. The molecule has 1 aromatic heterocycles. The minimum atomic E-state index is 0.137. The van der Waals surface area contributed by atoms with E-state index >= 15 is 0 Å². The van der Waals surface area contributed by atoms with E-state index in [4.69, 9.17) is 19.9 Å². The van der Waals surface area contributed by atoms with Crippen molar-refractivity contribution in [1.82, 2.24) is 9.97 Å². The van der Waals surface area contributed by atoms with Crippen molar-refractivity contribution in [3.05, 3.63) is 23.9 Å². The van der Waals surface area contributed by atoms with E-state index in [1.807, 2.05) is 25.1 Å². The molecule has 1 atom stereocenters. The first-order chi connectivity index (χ1) is 12.1. The van der Waals surface area contributed by atoms with Crippen LogP contribution in [0.25, 0.3) is 11.1 Å². The van der Waals surface area contributed by atoms with Crippen LogP contribution in [-0.2, 0) is 4.74 Å².